The van der Waals surface area contributed by atoms with Gasteiger partial charge < -0.3 is 0 Å². The van der Waals surface area contributed by atoms with Crippen LogP contribution < -0.4 is 0 Å². The van der Waals surface area contributed by atoms with Gasteiger partial charge >= 0.3 is 0 Å². The number of carbonyl (C=O) groups is 1. The Hall–Kier alpha value is -1.46. The highest BCUT2D eigenvalue weighted by Gasteiger charge is 2.33. The van der Waals surface area contributed by atoms with Gasteiger partial charge in [-0.05, 0) is 43.0 Å². The summed E-state index contributed by atoms with van der Waals surface area (Å²) in [6.45, 7) is 6.09. The average Bonchev–Trinajstić information content (AvgIpc) is 3.16. The number of carbonyl (C=O) groups excluding carboxylic acids is 1. The molecule has 0 N–H and O–H groups in total. The van der Waals surface area contributed by atoms with Crippen LogP contribution in [0.5, 0.6) is 0 Å². The van der Waals surface area contributed by atoms with Crippen molar-refractivity contribution in [2.45, 2.75) is 39.7 Å². The van der Waals surface area contributed by atoms with Crippen LogP contribution in [0.15, 0.2) is 28.7 Å². The van der Waals surface area contributed by atoms with Crippen molar-refractivity contribution in [2.24, 2.45) is 5.10 Å². The van der Waals surface area contributed by atoms with Crippen molar-refractivity contribution >= 4 is 34.3 Å². The standard InChI is InChI=1S/C16H18N2OS2/c1-4-15(19)18-13(14-6-5-11(3)21-14)9-12(17-18)16-10(2)7-8-20-16/h5-8,13H,4,9H2,1-3H3. The van der Waals surface area contributed by atoms with Crippen LogP contribution in [0.1, 0.15) is 46.0 Å². The molecule has 0 bridgehead atoms. The third kappa shape index (κ3) is 2.68. The summed E-state index contributed by atoms with van der Waals surface area (Å²) in [6, 6.07) is 6.41. The predicted molar refractivity (Wildman–Crippen MR) is 89.1 cm³/mol. The lowest BCUT2D eigenvalue weighted by atomic mass is 10.1. The molecule has 21 heavy (non-hydrogen) atoms. The van der Waals surface area contributed by atoms with Gasteiger partial charge in [-0.2, -0.15) is 5.10 Å². The summed E-state index contributed by atoms with van der Waals surface area (Å²) in [4.78, 5) is 15.9. The van der Waals surface area contributed by atoms with Crippen molar-refractivity contribution in [1.82, 2.24) is 5.01 Å². The first-order chi connectivity index (χ1) is 10.1. The molecule has 0 fully saturated rings. The largest absolute Gasteiger partial charge is 0.273 e. The van der Waals surface area contributed by atoms with Crippen LogP contribution in [0.2, 0.25) is 0 Å². The van der Waals surface area contributed by atoms with Gasteiger partial charge in [-0.1, -0.05) is 6.92 Å². The Kier molecular flexibility index (Phi) is 3.95. The van der Waals surface area contributed by atoms with E-state index in [-0.39, 0.29) is 11.9 Å². The molecule has 2 aromatic heterocycles. The average molecular weight is 318 g/mol. The van der Waals surface area contributed by atoms with E-state index in [4.69, 9.17) is 0 Å². The van der Waals surface area contributed by atoms with Crippen molar-refractivity contribution in [3.05, 3.63) is 43.8 Å². The summed E-state index contributed by atoms with van der Waals surface area (Å²) in [7, 11) is 0. The molecule has 1 aliphatic heterocycles. The lowest BCUT2D eigenvalue weighted by molar-refractivity contribution is -0.132. The fourth-order valence-electron chi connectivity index (χ4n) is 2.56. The topological polar surface area (TPSA) is 32.7 Å². The number of hydrazone groups is 1. The Morgan fingerprint density at radius 2 is 2.19 bits per heavy atom. The number of nitrogens with zero attached hydrogens (tertiary/aromatic N) is 2. The summed E-state index contributed by atoms with van der Waals surface area (Å²) in [5.74, 6) is 0.0928. The molecule has 1 aliphatic rings. The van der Waals surface area contributed by atoms with E-state index in [1.165, 1.54) is 20.2 Å². The Morgan fingerprint density at radius 3 is 2.76 bits per heavy atom. The number of hydrogen-bond acceptors (Lipinski definition) is 4. The third-order valence-corrected chi connectivity index (χ3v) is 5.85. The zero-order chi connectivity index (χ0) is 15.0. The van der Waals surface area contributed by atoms with Crippen LogP contribution in [-0.2, 0) is 4.79 Å². The highest BCUT2D eigenvalue weighted by atomic mass is 32.1. The SMILES string of the molecule is CCC(=O)N1N=C(c2sccc2C)CC1c1ccc(C)s1. The summed E-state index contributed by atoms with van der Waals surface area (Å²) < 4.78 is 0. The van der Waals surface area contributed by atoms with E-state index in [0.717, 1.165) is 12.1 Å². The van der Waals surface area contributed by atoms with Gasteiger partial charge in [0.05, 0.1) is 16.6 Å². The predicted octanol–water partition coefficient (Wildman–Crippen LogP) is 4.51. The maximum absolute atomic E-state index is 12.2. The molecule has 3 rings (SSSR count). The van der Waals surface area contributed by atoms with E-state index in [1.54, 1.807) is 27.7 Å². The molecule has 3 nitrogen and oxygen atoms in total. The van der Waals surface area contributed by atoms with E-state index < -0.39 is 0 Å². The van der Waals surface area contributed by atoms with Gasteiger partial charge in [0.15, 0.2) is 0 Å². The van der Waals surface area contributed by atoms with E-state index in [9.17, 15) is 4.79 Å². The molecular weight excluding hydrogens is 300 g/mol. The van der Waals surface area contributed by atoms with Gasteiger partial charge in [0.25, 0.3) is 0 Å². The van der Waals surface area contributed by atoms with Gasteiger partial charge in [0.1, 0.15) is 0 Å². The second-order valence-electron chi connectivity index (χ2n) is 5.24. The van der Waals surface area contributed by atoms with Gasteiger partial charge in [-0.15, -0.1) is 22.7 Å². The molecule has 0 spiro atoms. The number of amides is 1. The highest BCUT2D eigenvalue weighted by molar-refractivity contribution is 7.12. The Labute approximate surface area is 132 Å². The van der Waals surface area contributed by atoms with Gasteiger partial charge in [-0.25, -0.2) is 5.01 Å². The van der Waals surface area contributed by atoms with Crippen molar-refractivity contribution in [1.29, 1.82) is 0 Å². The normalized spacial score (nSPS) is 18.1. The van der Waals surface area contributed by atoms with Crippen molar-refractivity contribution < 1.29 is 4.79 Å². The first-order valence-corrected chi connectivity index (χ1v) is 8.80. The molecule has 0 aromatic carbocycles. The smallest absolute Gasteiger partial charge is 0.243 e. The van der Waals surface area contributed by atoms with Crippen LogP contribution in [0.4, 0.5) is 0 Å². The lowest BCUT2D eigenvalue weighted by Crippen LogP contribution is -2.25. The van der Waals surface area contributed by atoms with E-state index in [2.05, 4.69) is 42.5 Å². The molecule has 0 aliphatic carbocycles. The Bertz CT molecular complexity index is 699. The van der Waals surface area contributed by atoms with Crippen LogP contribution in [0.3, 0.4) is 0 Å². The highest BCUT2D eigenvalue weighted by Crippen LogP contribution is 2.37. The lowest BCUT2D eigenvalue weighted by Gasteiger charge is -2.19. The van der Waals surface area contributed by atoms with Crippen LogP contribution in [-0.4, -0.2) is 16.6 Å². The van der Waals surface area contributed by atoms with E-state index in [1.807, 2.05) is 6.92 Å². The molecule has 110 valence electrons. The molecule has 1 atom stereocenters. The number of hydrogen-bond donors (Lipinski definition) is 0. The van der Waals surface area contributed by atoms with Crippen molar-refractivity contribution in [3.63, 3.8) is 0 Å². The summed E-state index contributed by atoms with van der Waals surface area (Å²) in [6.07, 6.45) is 1.30. The van der Waals surface area contributed by atoms with Crippen LogP contribution in [0, 0.1) is 13.8 Å². The van der Waals surface area contributed by atoms with Crippen LogP contribution in [0.25, 0.3) is 0 Å². The Morgan fingerprint density at radius 1 is 1.38 bits per heavy atom. The summed E-state index contributed by atoms with van der Waals surface area (Å²) >= 11 is 3.46. The van der Waals surface area contributed by atoms with Gasteiger partial charge in [0.2, 0.25) is 5.91 Å². The molecule has 2 aromatic rings. The van der Waals surface area contributed by atoms with Crippen molar-refractivity contribution in [3.8, 4) is 0 Å². The minimum Gasteiger partial charge on any atom is -0.273 e. The van der Waals surface area contributed by atoms with Crippen LogP contribution >= 0.6 is 22.7 Å². The van der Waals surface area contributed by atoms with Gasteiger partial charge in [-0.3, -0.25) is 4.79 Å². The Balaban J connectivity index is 1.96. The summed E-state index contributed by atoms with van der Waals surface area (Å²) in [5, 5.41) is 8.43. The second-order valence-corrected chi connectivity index (χ2v) is 7.48. The molecule has 5 heteroatoms. The van der Waals surface area contributed by atoms with E-state index in [0.29, 0.717) is 6.42 Å². The van der Waals surface area contributed by atoms with E-state index >= 15 is 0 Å². The molecule has 0 radical (unpaired) electrons. The first kappa shape index (κ1) is 14.5. The zero-order valence-corrected chi connectivity index (χ0v) is 14.1. The summed E-state index contributed by atoms with van der Waals surface area (Å²) in [5.41, 5.74) is 2.28. The maximum Gasteiger partial charge on any atom is 0.243 e. The number of rotatable bonds is 3. The maximum atomic E-state index is 12.2. The fourth-order valence-corrected chi connectivity index (χ4v) is 4.45. The monoisotopic (exact) mass is 318 g/mol. The molecule has 3 heterocycles. The fraction of sp³-hybridized carbons (Fsp3) is 0.375. The molecule has 0 saturated heterocycles. The minimum atomic E-state index is 0.0626. The van der Waals surface area contributed by atoms with Crippen molar-refractivity contribution in [2.75, 3.05) is 0 Å². The minimum absolute atomic E-state index is 0.0626. The molecule has 1 unspecified atom stereocenters. The second kappa shape index (κ2) is 5.73. The number of thiophene rings is 2. The third-order valence-electron chi connectivity index (χ3n) is 3.68. The first-order valence-electron chi connectivity index (χ1n) is 7.10. The molecule has 0 saturated carbocycles. The van der Waals surface area contributed by atoms with Gasteiger partial charge in [0, 0.05) is 22.6 Å². The zero-order valence-electron chi connectivity index (χ0n) is 12.4. The quantitative estimate of drug-likeness (QED) is 0.819. The number of aryl methyl sites for hydroxylation is 2. The molecule has 1 amide bonds. The molecular formula is C16H18N2OS2.